The molecule has 0 aliphatic carbocycles. The summed E-state index contributed by atoms with van der Waals surface area (Å²) < 4.78 is 5.37. The maximum Gasteiger partial charge on any atom is 0.229 e. The SMILES string of the molecule is CCC(C)NC(=O)CC(=O)NCC1CCCO1. The Hall–Kier alpha value is -1.10. The second kappa shape index (κ2) is 7.27. The summed E-state index contributed by atoms with van der Waals surface area (Å²) in [4.78, 5) is 22.9. The Morgan fingerprint density at radius 3 is 2.76 bits per heavy atom. The zero-order valence-electron chi connectivity index (χ0n) is 10.6. The summed E-state index contributed by atoms with van der Waals surface area (Å²) in [6.07, 6.45) is 2.92. The Morgan fingerprint density at radius 2 is 2.18 bits per heavy atom. The summed E-state index contributed by atoms with van der Waals surface area (Å²) in [6, 6.07) is 0.119. The van der Waals surface area contributed by atoms with Gasteiger partial charge in [-0.05, 0) is 26.2 Å². The van der Waals surface area contributed by atoms with Crippen LogP contribution < -0.4 is 10.6 Å². The molecule has 2 atom stereocenters. The lowest BCUT2D eigenvalue weighted by Gasteiger charge is -2.13. The predicted octanol–water partition coefficient (Wildman–Crippen LogP) is 0.586. The molecule has 5 heteroatoms. The third kappa shape index (κ3) is 5.68. The van der Waals surface area contributed by atoms with Crippen molar-refractivity contribution in [2.24, 2.45) is 0 Å². The fourth-order valence-corrected chi connectivity index (χ4v) is 1.67. The molecule has 0 aromatic heterocycles. The molecule has 0 radical (unpaired) electrons. The average Bonchev–Trinajstić information content (AvgIpc) is 2.78. The molecule has 1 rings (SSSR count). The number of carbonyl (C=O) groups excluding carboxylic acids is 2. The lowest BCUT2D eigenvalue weighted by Crippen LogP contribution is -2.38. The predicted molar refractivity (Wildman–Crippen MR) is 64.5 cm³/mol. The monoisotopic (exact) mass is 242 g/mol. The molecule has 5 nitrogen and oxygen atoms in total. The molecule has 98 valence electrons. The van der Waals surface area contributed by atoms with E-state index in [0.29, 0.717) is 6.54 Å². The molecule has 0 bridgehead atoms. The van der Waals surface area contributed by atoms with Gasteiger partial charge in [0.2, 0.25) is 11.8 Å². The van der Waals surface area contributed by atoms with Crippen LogP contribution in [-0.4, -0.2) is 37.1 Å². The van der Waals surface area contributed by atoms with Crippen LogP contribution in [0.25, 0.3) is 0 Å². The number of amides is 2. The number of hydrogen-bond donors (Lipinski definition) is 2. The van der Waals surface area contributed by atoms with E-state index >= 15 is 0 Å². The van der Waals surface area contributed by atoms with Crippen LogP contribution in [0.4, 0.5) is 0 Å². The van der Waals surface area contributed by atoms with Gasteiger partial charge in [-0.25, -0.2) is 0 Å². The average molecular weight is 242 g/mol. The van der Waals surface area contributed by atoms with Crippen LogP contribution in [0.5, 0.6) is 0 Å². The Balaban J connectivity index is 2.13. The number of ether oxygens (including phenoxy) is 1. The molecule has 2 unspecified atom stereocenters. The van der Waals surface area contributed by atoms with Gasteiger partial charge in [-0.1, -0.05) is 6.92 Å². The minimum Gasteiger partial charge on any atom is -0.376 e. The van der Waals surface area contributed by atoms with Crippen molar-refractivity contribution in [2.75, 3.05) is 13.2 Å². The molecular weight excluding hydrogens is 220 g/mol. The van der Waals surface area contributed by atoms with Crippen molar-refractivity contribution in [1.82, 2.24) is 10.6 Å². The van der Waals surface area contributed by atoms with Gasteiger partial charge < -0.3 is 15.4 Å². The van der Waals surface area contributed by atoms with Crippen LogP contribution in [0.2, 0.25) is 0 Å². The molecule has 0 aromatic carbocycles. The van der Waals surface area contributed by atoms with E-state index in [-0.39, 0.29) is 30.4 Å². The zero-order chi connectivity index (χ0) is 12.7. The largest absolute Gasteiger partial charge is 0.376 e. The third-order valence-electron chi connectivity index (χ3n) is 2.89. The molecule has 0 spiro atoms. The summed E-state index contributed by atoms with van der Waals surface area (Å²) in [5.41, 5.74) is 0. The van der Waals surface area contributed by atoms with E-state index in [2.05, 4.69) is 10.6 Å². The lowest BCUT2D eigenvalue weighted by atomic mass is 10.2. The highest BCUT2D eigenvalue weighted by Crippen LogP contribution is 2.10. The van der Waals surface area contributed by atoms with Crippen molar-refractivity contribution in [3.05, 3.63) is 0 Å². The van der Waals surface area contributed by atoms with Gasteiger partial charge in [0.15, 0.2) is 0 Å². The highest BCUT2D eigenvalue weighted by atomic mass is 16.5. The molecule has 1 aliphatic rings. The number of nitrogens with one attached hydrogen (secondary N) is 2. The van der Waals surface area contributed by atoms with E-state index < -0.39 is 0 Å². The molecule has 17 heavy (non-hydrogen) atoms. The van der Waals surface area contributed by atoms with Crippen molar-refractivity contribution < 1.29 is 14.3 Å². The van der Waals surface area contributed by atoms with Crippen LogP contribution in [-0.2, 0) is 14.3 Å². The summed E-state index contributed by atoms with van der Waals surface area (Å²) in [5, 5.41) is 5.48. The Morgan fingerprint density at radius 1 is 1.41 bits per heavy atom. The Kier molecular flexibility index (Phi) is 5.97. The normalized spacial score (nSPS) is 20.9. The third-order valence-corrected chi connectivity index (χ3v) is 2.89. The maximum atomic E-state index is 11.5. The number of rotatable bonds is 6. The fourth-order valence-electron chi connectivity index (χ4n) is 1.67. The topological polar surface area (TPSA) is 67.4 Å². The van der Waals surface area contributed by atoms with Crippen LogP contribution in [0.15, 0.2) is 0 Å². The van der Waals surface area contributed by atoms with Crippen LogP contribution >= 0.6 is 0 Å². The fraction of sp³-hybridized carbons (Fsp3) is 0.833. The molecule has 2 N–H and O–H groups in total. The highest BCUT2D eigenvalue weighted by Gasteiger charge is 2.17. The standard InChI is InChI=1S/C12H22N2O3/c1-3-9(2)14-12(16)7-11(15)13-8-10-5-4-6-17-10/h9-10H,3-8H2,1-2H3,(H,13,15)(H,14,16). The van der Waals surface area contributed by atoms with E-state index in [1.165, 1.54) is 0 Å². The van der Waals surface area contributed by atoms with Crippen molar-refractivity contribution in [2.45, 2.75) is 51.7 Å². The first-order valence-corrected chi connectivity index (χ1v) is 6.29. The van der Waals surface area contributed by atoms with E-state index in [4.69, 9.17) is 4.74 Å². The molecule has 2 amide bonds. The summed E-state index contributed by atoms with van der Waals surface area (Å²) in [7, 11) is 0. The van der Waals surface area contributed by atoms with Gasteiger partial charge in [0, 0.05) is 19.2 Å². The minimum atomic E-state index is -0.235. The van der Waals surface area contributed by atoms with E-state index in [1.807, 2.05) is 13.8 Å². The van der Waals surface area contributed by atoms with Gasteiger partial charge >= 0.3 is 0 Å². The molecule has 1 aliphatic heterocycles. The van der Waals surface area contributed by atoms with E-state index in [0.717, 1.165) is 25.9 Å². The molecule has 1 heterocycles. The summed E-state index contributed by atoms with van der Waals surface area (Å²) >= 11 is 0. The van der Waals surface area contributed by atoms with Gasteiger partial charge in [0.25, 0.3) is 0 Å². The van der Waals surface area contributed by atoms with Crippen molar-refractivity contribution in [3.63, 3.8) is 0 Å². The summed E-state index contributed by atoms with van der Waals surface area (Å²) in [5.74, 6) is -0.453. The quantitative estimate of drug-likeness (QED) is 0.670. The highest BCUT2D eigenvalue weighted by molar-refractivity contribution is 5.96. The van der Waals surface area contributed by atoms with Gasteiger partial charge in [-0.3, -0.25) is 9.59 Å². The second-order valence-electron chi connectivity index (χ2n) is 4.49. The first-order valence-electron chi connectivity index (χ1n) is 6.29. The number of hydrogen-bond acceptors (Lipinski definition) is 3. The van der Waals surface area contributed by atoms with Crippen molar-refractivity contribution in [1.29, 1.82) is 0 Å². The van der Waals surface area contributed by atoms with Gasteiger partial charge in [-0.2, -0.15) is 0 Å². The Labute approximate surface area is 102 Å². The minimum absolute atomic E-state index is 0.100. The molecule has 0 saturated carbocycles. The van der Waals surface area contributed by atoms with Gasteiger partial charge in [0.1, 0.15) is 6.42 Å². The Bertz CT molecular complexity index is 262. The molecule has 0 aromatic rings. The second-order valence-corrected chi connectivity index (χ2v) is 4.49. The lowest BCUT2D eigenvalue weighted by molar-refractivity contribution is -0.129. The maximum absolute atomic E-state index is 11.5. The summed E-state index contributed by atoms with van der Waals surface area (Å²) in [6.45, 7) is 5.19. The smallest absolute Gasteiger partial charge is 0.229 e. The van der Waals surface area contributed by atoms with Gasteiger partial charge in [-0.15, -0.1) is 0 Å². The molecule has 1 saturated heterocycles. The van der Waals surface area contributed by atoms with E-state index in [9.17, 15) is 9.59 Å². The van der Waals surface area contributed by atoms with Crippen LogP contribution in [0.1, 0.15) is 39.5 Å². The van der Waals surface area contributed by atoms with Crippen molar-refractivity contribution >= 4 is 11.8 Å². The van der Waals surface area contributed by atoms with Gasteiger partial charge in [0.05, 0.1) is 6.10 Å². The molecule has 1 fully saturated rings. The number of carbonyl (C=O) groups is 2. The first kappa shape index (κ1) is 14.0. The van der Waals surface area contributed by atoms with Crippen LogP contribution in [0.3, 0.4) is 0 Å². The van der Waals surface area contributed by atoms with E-state index in [1.54, 1.807) is 0 Å². The zero-order valence-corrected chi connectivity index (χ0v) is 10.6. The van der Waals surface area contributed by atoms with Crippen molar-refractivity contribution in [3.8, 4) is 0 Å². The first-order chi connectivity index (χ1) is 8.11. The van der Waals surface area contributed by atoms with Crippen LogP contribution in [0, 0.1) is 0 Å². The molecular formula is C12H22N2O3.